The van der Waals surface area contributed by atoms with Gasteiger partial charge in [-0.2, -0.15) is 0 Å². The first-order valence-electron chi connectivity index (χ1n) is 4.99. The largest absolute Gasteiger partial charge is 0.294 e. The predicted octanol–water partition coefficient (Wildman–Crippen LogP) is 2.73. The van der Waals surface area contributed by atoms with E-state index in [0.29, 0.717) is 6.54 Å². The Morgan fingerprint density at radius 3 is 3.00 bits per heavy atom. The van der Waals surface area contributed by atoms with Gasteiger partial charge in [0.15, 0.2) is 0 Å². The summed E-state index contributed by atoms with van der Waals surface area (Å²) in [5.74, 6) is 0. The van der Waals surface area contributed by atoms with Crippen LogP contribution in [0.5, 0.6) is 0 Å². The molecule has 78 valence electrons. The second-order valence-corrected chi connectivity index (χ2v) is 4.37. The molecule has 1 heterocycles. The average Bonchev–Trinajstić information content (AvgIpc) is 2.45. The fraction of sp³-hybridized carbons (Fsp3) is 0.800. The van der Waals surface area contributed by atoms with Gasteiger partial charge in [0, 0.05) is 23.5 Å². The minimum atomic E-state index is 0.0468. The molecule has 14 heavy (non-hydrogen) atoms. The molecule has 1 saturated heterocycles. The molecule has 0 aromatic carbocycles. The molecule has 1 aliphatic rings. The Morgan fingerprint density at radius 1 is 1.71 bits per heavy atom. The second kappa shape index (κ2) is 4.49. The Hall–Kier alpha value is -0.990. The first-order chi connectivity index (χ1) is 6.58. The maximum Gasteiger partial charge on any atom is 0.0440 e. The van der Waals surface area contributed by atoms with Crippen molar-refractivity contribution in [2.75, 3.05) is 19.6 Å². The van der Waals surface area contributed by atoms with E-state index in [1.165, 1.54) is 12.0 Å². The van der Waals surface area contributed by atoms with Crippen LogP contribution in [-0.4, -0.2) is 30.1 Å². The van der Waals surface area contributed by atoms with Crippen LogP contribution >= 0.6 is 0 Å². The smallest absolute Gasteiger partial charge is 0.0440 e. The molecule has 1 unspecified atom stereocenters. The zero-order chi connectivity index (χ0) is 10.6. The lowest BCUT2D eigenvalue weighted by atomic mass is 9.99. The van der Waals surface area contributed by atoms with Gasteiger partial charge in [0.25, 0.3) is 0 Å². The maximum absolute atomic E-state index is 8.33. The van der Waals surface area contributed by atoms with E-state index in [4.69, 9.17) is 5.53 Å². The van der Waals surface area contributed by atoms with Gasteiger partial charge in [-0.25, -0.2) is 0 Å². The van der Waals surface area contributed by atoms with Crippen molar-refractivity contribution in [3.8, 4) is 0 Å². The molecule has 1 fully saturated rings. The standard InChI is InChI=1S/C10H18N4/c1-9(2)7-14-6-4-5-10(14,3)8-12-13-11/h1,4-8H2,2-3H3. The number of rotatable bonds is 4. The summed E-state index contributed by atoms with van der Waals surface area (Å²) in [6.45, 7) is 10.7. The summed E-state index contributed by atoms with van der Waals surface area (Å²) in [6.07, 6.45) is 2.30. The highest BCUT2D eigenvalue weighted by Gasteiger charge is 2.35. The van der Waals surface area contributed by atoms with Crippen LogP contribution in [0, 0.1) is 0 Å². The van der Waals surface area contributed by atoms with Crippen LogP contribution in [0.15, 0.2) is 17.3 Å². The van der Waals surface area contributed by atoms with Crippen molar-refractivity contribution in [1.29, 1.82) is 0 Å². The van der Waals surface area contributed by atoms with Gasteiger partial charge in [-0.15, -0.1) is 0 Å². The zero-order valence-electron chi connectivity index (χ0n) is 9.03. The monoisotopic (exact) mass is 194 g/mol. The van der Waals surface area contributed by atoms with E-state index in [1.54, 1.807) is 0 Å². The van der Waals surface area contributed by atoms with E-state index >= 15 is 0 Å². The van der Waals surface area contributed by atoms with Crippen molar-refractivity contribution in [1.82, 2.24) is 4.90 Å². The maximum atomic E-state index is 8.33. The van der Waals surface area contributed by atoms with Crippen molar-refractivity contribution in [3.05, 3.63) is 22.6 Å². The lowest BCUT2D eigenvalue weighted by Crippen LogP contribution is -2.44. The van der Waals surface area contributed by atoms with Crippen molar-refractivity contribution < 1.29 is 0 Å². The molecule has 0 amide bonds. The number of hydrogen-bond donors (Lipinski definition) is 0. The van der Waals surface area contributed by atoms with Gasteiger partial charge in [0.2, 0.25) is 0 Å². The summed E-state index contributed by atoms with van der Waals surface area (Å²) in [5.41, 5.74) is 9.54. The third-order valence-corrected chi connectivity index (χ3v) is 2.84. The molecule has 0 spiro atoms. The molecule has 0 N–H and O–H groups in total. The molecular weight excluding hydrogens is 176 g/mol. The molecule has 0 aliphatic carbocycles. The van der Waals surface area contributed by atoms with Crippen LogP contribution in [0.3, 0.4) is 0 Å². The first-order valence-corrected chi connectivity index (χ1v) is 4.99. The van der Waals surface area contributed by atoms with Crippen LogP contribution in [0.2, 0.25) is 0 Å². The van der Waals surface area contributed by atoms with Gasteiger partial charge in [0.05, 0.1) is 0 Å². The molecule has 1 atom stereocenters. The zero-order valence-corrected chi connectivity index (χ0v) is 9.03. The van der Waals surface area contributed by atoms with E-state index in [0.717, 1.165) is 19.5 Å². The van der Waals surface area contributed by atoms with E-state index in [9.17, 15) is 0 Å². The summed E-state index contributed by atoms with van der Waals surface area (Å²) in [4.78, 5) is 5.20. The van der Waals surface area contributed by atoms with Crippen LogP contribution in [0.1, 0.15) is 26.7 Å². The Labute approximate surface area is 85.2 Å². The van der Waals surface area contributed by atoms with Gasteiger partial charge in [-0.05, 0) is 38.8 Å². The summed E-state index contributed by atoms with van der Waals surface area (Å²) in [6, 6.07) is 0. The lowest BCUT2D eigenvalue weighted by molar-refractivity contribution is 0.178. The van der Waals surface area contributed by atoms with Gasteiger partial charge < -0.3 is 0 Å². The van der Waals surface area contributed by atoms with Crippen molar-refractivity contribution in [3.63, 3.8) is 0 Å². The summed E-state index contributed by atoms with van der Waals surface area (Å²) < 4.78 is 0. The molecule has 0 aromatic heterocycles. The highest BCUT2D eigenvalue weighted by atomic mass is 15.3. The third kappa shape index (κ3) is 2.50. The van der Waals surface area contributed by atoms with Crippen molar-refractivity contribution in [2.24, 2.45) is 5.11 Å². The SMILES string of the molecule is C=C(C)CN1CCCC1(C)CN=[N+]=[N-]. The molecule has 0 radical (unpaired) electrons. The molecular formula is C10H18N4. The predicted molar refractivity (Wildman–Crippen MR) is 58.0 cm³/mol. The van der Waals surface area contributed by atoms with E-state index in [-0.39, 0.29) is 5.54 Å². The molecule has 1 aliphatic heterocycles. The van der Waals surface area contributed by atoms with Crippen molar-refractivity contribution >= 4 is 0 Å². The molecule has 4 heteroatoms. The first kappa shape index (κ1) is 11.1. The topological polar surface area (TPSA) is 52.0 Å². The van der Waals surface area contributed by atoms with Gasteiger partial charge >= 0.3 is 0 Å². The lowest BCUT2D eigenvalue weighted by Gasteiger charge is -2.34. The number of likely N-dealkylation sites (tertiary alicyclic amines) is 1. The number of azide groups is 1. The molecule has 0 saturated carbocycles. The van der Waals surface area contributed by atoms with Crippen LogP contribution in [-0.2, 0) is 0 Å². The minimum absolute atomic E-state index is 0.0468. The van der Waals surface area contributed by atoms with Gasteiger partial charge in [0.1, 0.15) is 0 Å². The third-order valence-electron chi connectivity index (χ3n) is 2.84. The van der Waals surface area contributed by atoms with Crippen LogP contribution in [0.25, 0.3) is 10.4 Å². The minimum Gasteiger partial charge on any atom is -0.294 e. The molecule has 0 aromatic rings. The Bertz CT molecular complexity index is 267. The van der Waals surface area contributed by atoms with Crippen LogP contribution < -0.4 is 0 Å². The van der Waals surface area contributed by atoms with Gasteiger partial charge in [-0.3, -0.25) is 4.90 Å². The average molecular weight is 194 g/mol. The molecule has 1 rings (SSSR count). The fourth-order valence-electron chi connectivity index (χ4n) is 2.04. The van der Waals surface area contributed by atoms with Crippen LogP contribution in [0.4, 0.5) is 0 Å². The Balaban J connectivity index is 2.64. The number of nitrogens with zero attached hydrogens (tertiary/aromatic N) is 4. The van der Waals surface area contributed by atoms with E-state index in [2.05, 4.69) is 28.4 Å². The molecule has 4 nitrogen and oxygen atoms in total. The molecule has 0 bridgehead atoms. The highest BCUT2D eigenvalue weighted by molar-refractivity contribution is 5.01. The summed E-state index contributed by atoms with van der Waals surface area (Å²) >= 11 is 0. The fourth-order valence-corrected chi connectivity index (χ4v) is 2.04. The Morgan fingerprint density at radius 2 is 2.43 bits per heavy atom. The second-order valence-electron chi connectivity index (χ2n) is 4.37. The van der Waals surface area contributed by atoms with Crippen molar-refractivity contribution in [2.45, 2.75) is 32.2 Å². The number of hydrogen-bond acceptors (Lipinski definition) is 2. The van der Waals surface area contributed by atoms with E-state index in [1.807, 2.05) is 6.92 Å². The van der Waals surface area contributed by atoms with E-state index < -0.39 is 0 Å². The Kier molecular flexibility index (Phi) is 3.55. The quantitative estimate of drug-likeness (QED) is 0.294. The normalized spacial score (nSPS) is 27.3. The highest BCUT2D eigenvalue weighted by Crippen LogP contribution is 2.29. The van der Waals surface area contributed by atoms with Gasteiger partial charge in [-0.1, -0.05) is 17.3 Å². The summed E-state index contributed by atoms with van der Waals surface area (Å²) in [7, 11) is 0. The summed E-state index contributed by atoms with van der Waals surface area (Å²) in [5, 5.41) is 3.69.